The third-order valence-electron chi connectivity index (χ3n) is 1.98. The van der Waals surface area contributed by atoms with Crippen molar-refractivity contribution in [3.8, 4) is 0 Å². The second kappa shape index (κ2) is 5.89. The average Bonchev–Trinajstić information content (AvgIpc) is 2.19. The molecule has 1 N–H and O–H groups in total. The molecule has 0 radical (unpaired) electrons. The van der Waals surface area contributed by atoms with Crippen LogP contribution in [0.25, 0.3) is 6.08 Å². The molecule has 0 aliphatic heterocycles. The number of likely N-dealkylation sites (N-methyl/N-ethyl adjacent to an activating group) is 1. The highest BCUT2D eigenvalue weighted by Gasteiger charge is 1.91. The molecule has 0 saturated heterocycles. The Hall–Kier alpha value is -0.730. The first-order chi connectivity index (χ1) is 6.76. The maximum Gasteiger partial charge on any atom is 0.0162 e. The molecule has 14 heavy (non-hydrogen) atoms. The lowest BCUT2D eigenvalue weighted by molar-refractivity contribution is 0.884. The molecule has 2 heteroatoms. The highest BCUT2D eigenvalue weighted by Crippen LogP contribution is 2.16. The molecule has 1 aromatic carbocycles. The Morgan fingerprint density at radius 3 is 2.50 bits per heavy atom. The van der Waals surface area contributed by atoms with E-state index in [1.807, 2.05) is 7.05 Å². The van der Waals surface area contributed by atoms with Crippen LogP contribution < -0.4 is 5.32 Å². The zero-order chi connectivity index (χ0) is 10.4. The summed E-state index contributed by atoms with van der Waals surface area (Å²) in [5.41, 5.74) is 2.62. The predicted molar refractivity (Wildman–Crippen MR) is 65.8 cm³/mol. The standard InChI is InChI=1S/C12H17NS/c1-10(9-13-2)8-11-4-6-12(14-3)7-5-11/h4-8,13H,9H2,1-3H3. The third-order valence-corrected chi connectivity index (χ3v) is 2.73. The Morgan fingerprint density at radius 2 is 2.00 bits per heavy atom. The summed E-state index contributed by atoms with van der Waals surface area (Å²) in [5, 5.41) is 3.14. The fourth-order valence-electron chi connectivity index (χ4n) is 1.31. The van der Waals surface area contributed by atoms with Gasteiger partial charge in [0.05, 0.1) is 0 Å². The fraction of sp³-hybridized carbons (Fsp3) is 0.333. The lowest BCUT2D eigenvalue weighted by Gasteiger charge is -2.01. The van der Waals surface area contributed by atoms with Gasteiger partial charge in [-0.25, -0.2) is 0 Å². The van der Waals surface area contributed by atoms with Crippen molar-refractivity contribution in [3.05, 3.63) is 35.4 Å². The Morgan fingerprint density at radius 1 is 1.36 bits per heavy atom. The number of nitrogens with one attached hydrogen (secondary N) is 1. The number of hydrogen-bond donors (Lipinski definition) is 1. The van der Waals surface area contributed by atoms with E-state index in [4.69, 9.17) is 0 Å². The van der Waals surface area contributed by atoms with Gasteiger partial charge in [0, 0.05) is 11.4 Å². The first kappa shape index (κ1) is 11.3. The van der Waals surface area contributed by atoms with Gasteiger partial charge in [-0.1, -0.05) is 23.8 Å². The minimum Gasteiger partial charge on any atom is -0.316 e. The van der Waals surface area contributed by atoms with E-state index < -0.39 is 0 Å². The summed E-state index contributed by atoms with van der Waals surface area (Å²) in [6.45, 7) is 3.09. The highest BCUT2D eigenvalue weighted by molar-refractivity contribution is 7.98. The van der Waals surface area contributed by atoms with Crippen LogP contribution >= 0.6 is 11.8 Å². The van der Waals surface area contributed by atoms with Crippen molar-refractivity contribution >= 4 is 17.8 Å². The predicted octanol–water partition coefficient (Wildman–Crippen LogP) is 3.03. The molecule has 0 unspecified atom stereocenters. The molecule has 0 aromatic heterocycles. The van der Waals surface area contributed by atoms with Crippen molar-refractivity contribution < 1.29 is 0 Å². The van der Waals surface area contributed by atoms with Crippen LogP contribution in [-0.2, 0) is 0 Å². The second-order valence-electron chi connectivity index (χ2n) is 3.29. The summed E-state index contributed by atoms with van der Waals surface area (Å²) in [5.74, 6) is 0. The Labute approximate surface area is 90.6 Å². The van der Waals surface area contributed by atoms with Crippen molar-refractivity contribution in [2.75, 3.05) is 19.8 Å². The summed E-state index contributed by atoms with van der Waals surface area (Å²) >= 11 is 1.77. The third kappa shape index (κ3) is 3.56. The maximum atomic E-state index is 3.14. The summed E-state index contributed by atoms with van der Waals surface area (Å²) in [6, 6.07) is 8.63. The zero-order valence-electron chi connectivity index (χ0n) is 9.00. The van der Waals surface area contributed by atoms with Gasteiger partial charge in [0.1, 0.15) is 0 Å². The maximum absolute atomic E-state index is 3.14. The van der Waals surface area contributed by atoms with Crippen LogP contribution in [0.3, 0.4) is 0 Å². The number of thioether (sulfide) groups is 1. The van der Waals surface area contributed by atoms with Gasteiger partial charge in [-0.2, -0.15) is 0 Å². The van der Waals surface area contributed by atoms with Crippen molar-refractivity contribution in [1.29, 1.82) is 0 Å². The Bertz CT molecular complexity index is 301. The van der Waals surface area contributed by atoms with E-state index >= 15 is 0 Å². The lowest BCUT2D eigenvalue weighted by Crippen LogP contribution is -2.08. The van der Waals surface area contributed by atoms with Gasteiger partial charge in [-0.05, 0) is 37.9 Å². The topological polar surface area (TPSA) is 12.0 Å². The molecule has 0 heterocycles. The molecule has 1 rings (SSSR count). The molecule has 1 nitrogen and oxygen atoms in total. The Balaban J connectivity index is 2.72. The van der Waals surface area contributed by atoms with Gasteiger partial charge in [0.2, 0.25) is 0 Å². The molecule has 0 aliphatic rings. The molecule has 0 spiro atoms. The first-order valence-electron chi connectivity index (χ1n) is 4.72. The van der Waals surface area contributed by atoms with Crippen LogP contribution in [0.5, 0.6) is 0 Å². The Kier molecular flexibility index (Phi) is 4.77. The van der Waals surface area contributed by atoms with Crippen LogP contribution in [0.2, 0.25) is 0 Å². The van der Waals surface area contributed by atoms with Gasteiger partial charge in [0.15, 0.2) is 0 Å². The van der Waals surface area contributed by atoms with E-state index in [9.17, 15) is 0 Å². The van der Waals surface area contributed by atoms with Gasteiger partial charge in [-0.15, -0.1) is 11.8 Å². The molecule has 0 bridgehead atoms. The van der Waals surface area contributed by atoms with Crippen LogP contribution in [-0.4, -0.2) is 19.8 Å². The lowest BCUT2D eigenvalue weighted by atomic mass is 10.1. The average molecular weight is 207 g/mol. The van der Waals surface area contributed by atoms with Gasteiger partial charge >= 0.3 is 0 Å². The zero-order valence-corrected chi connectivity index (χ0v) is 9.82. The van der Waals surface area contributed by atoms with Gasteiger partial charge < -0.3 is 5.32 Å². The van der Waals surface area contributed by atoms with Gasteiger partial charge in [-0.3, -0.25) is 0 Å². The van der Waals surface area contributed by atoms with E-state index in [2.05, 4.69) is 48.8 Å². The van der Waals surface area contributed by atoms with Crippen LogP contribution in [0.15, 0.2) is 34.7 Å². The summed E-state index contributed by atoms with van der Waals surface area (Å²) < 4.78 is 0. The van der Waals surface area contributed by atoms with Crippen molar-refractivity contribution in [2.45, 2.75) is 11.8 Å². The second-order valence-corrected chi connectivity index (χ2v) is 4.17. The molecular weight excluding hydrogens is 190 g/mol. The molecule has 0 atom stereocenters. The number of rotatable bonds is 4. The summed E-state index contributed by atoms with van der Waals surface area (Å²) in [4.78, 5) is 1.31. The summed E-state index contributed by atoms with van der Waals surface area (Å²) in [6.07, 6.45) is 4.30. The molecular formula is C12H17NS. The molecule has 0 aliphatic carbocycles. The fourth-order valence-corrected chi connectivity index (χ4v) is 1.72. The normalized spacial score (nSPS) is 11.8. The first-order valence-corrected chi connectivity index (χ1v) is 5.94. The van der Waals surface area contributed by atoms with Crippen LogP contribution in [0.1, 0.15) is 12.5 Å². The van der Waals surface area contributed by atoms with E-state index in [1.165, 1.54) is 16.0 Å². The smallest absolute Gasteiger partial charge is 0.0162 e. The highest BCUT2D eigenvalue weighted by atomic mass is 32.2. The minimum atomic E-state index is 0.949. The minimum absolute atomic E-state index is 0.949. The molecule has 0 amide bonds. The van der Waals surface area contributed by atoms with Crippen molar-refractivity contribution in [2.24, 2.45) is 0 Å². The van der Waals surface area contributed by atoms with E-state index in [-0.39, 0.29) is 0 Å². The van der Waals surface area contributed by atoms with Crippen LogP contribution in [0.4, 0.5) is 0 Å². The molecule has 1 aromatic rings. The molecule has 0 fully saturated rings. The van der Waals surface area contributed by atoms with E-state index in [0.29, 0.717) is 0 Å². The number of hydrogen-bond acceptors (Lipinski definition) is 2. The van der Waals surface area contributed by atoms with Crippen molar-refractivity contribution in [1.82, 2.24) is 5.32 Å². The molecule has 0 saturated carbocycles. The SMILES string of the molecule is CNCC(C)=Cc1ccc(SC)cc1. The number of benzene rings is 1. The monoisotopic (exact) mass is 207 g/mol. The van der Waals surface area contributed by atoms with Crippen molar-refractivity contribution in [3.63, 3.8) is 0 Å². The largest absolute Gasteiger partial charge is 0.316 e. The van der Waals surface area contributed by atoms with Gasteiger partial charge in [0.25, 0.3) is 0 Å². The van der Waals surface area contributed by atoms with Crippen LogP contribution in [0, 0.1) is 0 Å². The van der Waals surface area contributed by atoms with E-state index in [0.717, 1.165) is 6.54 Å². The van der Waals surface area contributed by atoms with E-state index in [1.54, 1.807) is 11.8 Å². The molecule has 76 valence electrons. The quantitative estimate of drug-likeness (QED) is 0.762. The summed E-state index contributed by atoms with van der Waals surface area (Å²) in [7, 11) is 1.97.